The van der Waals surface area contributed by atoms with Crippen molar-refractivity contribution in [3.05, 3.63) is 82.9 Å². The lowest BCUT2D eigenvalue weighted by Crippen LogP contribution is -2.13. The second-order valence-corrected chi connectivity index (χ2v) is 6.06. The molecule has 3 aromatic carbocycles. The summed E-state index contributed by atoms with van der Waals surface area (Å²) in [6.45, 7) is 1.86. The fraction of sp³-hybridized carbons (Fsp3) is 0.0500. The summed E-state index contributed by atoms with van der Waals surface area (Å²) in [7, 11) is 0. The fourth-order valence-electron chi connectivity index (χ4n) is 2.65. The zero-order valence-corrected chi connectivity index (χ0v) is 14.9. The van der Waals surface area contributed by atoms with E-state index in [1.54, 1.807) is 18.2 Å². The molecule has 25 heavy (non-hydrogen) atoms. The van der Waals surface area contributed by atoms with Crippen LogP contribution in [0.2, 0.25) is 5.02 Å². The molecule has 0 aliphatic heterocycles. The topological polar surface area (TPSA) is 38.3 Å². The minimum atomic E-state index is -0.346. The van der Waals surface area contributed by atoms with Crippen molar-refractivity contribution in [1.82, 2.24) is 0 Å². The predicted octanol–water partition coefficient (Wildman–Crippen LogP) is 6.10. The van der Waals surface area contributed by atoms with Gasteiger partial charge in [-0.25, -0.2) is 0 Å². The van der Waals surface area contributed by atoms with Crippen LogP contribution < -0.4 is 9.61 Å². The first-order valence-electron chi connectivity index (χ1n) is 7.65. The number of para-hydroxylation sites is 1. The van der Waals surface area contributed by atoms with Crippen molar-refractivity contribution < 1.29 is 9.08 Å². The maximum absolute atomic E-state index is 12.7. The molecule has 0 saturated heterocycles. The third kappa shape index (κ3) is 3.63. The van der Waals surface area contributed by atoms with Crippen molar-refractivity contribution in [3.63, 3.8) is 0 Å². The zero-order valence-electron chi connectivity index (χ0n) is 13.4. The molecule has 1 amide bonds. The van der Waals surface area contributed by atoms with E-state index in [-0.39, 0.29) is 17.2 Å². The Labute approximate surface area is 156 Å². The molecule has 0 unspecified atom stereocenters. The van der Waals surface area contributed by atoms with Crippen molar-refractivity contribution in [2.75, 3.05) is 5.32 Å². The molecule has 3 rings (SSSR count). The molecular formula is C20H15Cl2NO2. The first kappa shape index (κ1) is 17.3. The van der Waals surface area contributed by atoms with E-state index in [1.807, 2.05) is 55.5 Å². The van der Waals surface area contributed by atoms with Gasteiger partial charge in [0.15, 0.2) is 5.75 Å². The number of hydrogen-bond acceptors (Lipinski definition) is 2. The van der Waals surface area contributed by atoms with Gasteiger partial charge in [0, 0.05) is 16.3 Å². The largest absolute Gasteiger partial charge is 0.384 e. The predicted molar refractivity (Wildman–Crippen MR) is 103 cm³/mol. The van der Waals surface area contributed by atoms with Gasteiger partial charge in [0.1, 0.15) is 11.9 Å². The molecule has 3 nitrogen and oxygen atoms in total. The first-order chi connectivity index (χ1) is 12.1. The second kappa shape index (κ2) is 7.60. The minimum Gasteiger partial charge on any atom is -0.384 e. The van der Waals surface area contributed by atoms with E-state index < -0.39 is 0 Å². The highest BCUT2D eigenvalue weighted by Gasteiger charge is 2.22. The summed E-state index contributed by atoms with van der Waals surface area (Å²) < 4.78 is 5.08. The molecule has 0 aromatic heterocycles. The number of anilines is 1. The third-order valence-corrected chi connectivity index (χ3v) is 4.44. The summed E-state index contributed by atoms with van der Waals surface area (Å²) in [5.74, 6) is -0.0656. The van der Waals surface area contributed by atoms with Crippen LogP contribution in [0.15, 0.2) is 66.7 Å². The summed E-state index contributed by atoms with van der Waals surface area (Å²) in [5.41, 5.74) is 3.30. The molecule has 0 spiro atoms. The molecule has 0 aliphatic carbocycles. The van der Waals surface area contributed by atoms with E-state index in [1.165, 1.54) is 0 Å². The fourth-order valence-corrected chi connectivity index (χ4v) is 3.01. The van der Waals surface area contributed by atoms with Gasteiger partial charge >= 0.3 is 0 Å². The van der Waals surface area contributed by atoms with Gasteiger partial charge in [-0.15, -0.1) is 0 Å². The molecule has 0 saturated carbocycles. The molecule has 0 radical (unpaired) electrons. The van der Waals surface area contributed by atoms with Crippen LogP contribution in [0.1, 0.15) is 15.9 Å². The lowest BCUT2D eigenvalue weighted by atomic mass is 9.96. The molecule has 5 heteroatoms. The van der Waals surface area contributed by atoms with Crippen LogP contribution >= 0.6 is 23.5 Å². The van der Waals surface area contributed by atoms with E-state index in [9.17, 15) is 4.79 Å². The maximum Gasteiger partial charge on any atom is 0.259 e. The Morgan fingerprint density at radius 3 is 2.20 bits per heavy atom. The Balaban J connectivity index is 2.11. The van der Waals surface area contributed by atoms with Gasteiger partial charge in [0.25, 0.3) is 5.91 Å². The van der Waals surface area contributed by atoms with E-state index in [4.69, 9.17) is 27.8 Å². The minimum absolute atomic E-state index is 0.272. The molecule has 0 atom stereocenters. The Hall–Kier alpha value is -2.49. The summed E-state index contributed by atoms with van der Waals surface area (Å²) in [4.78, 5) is 12.7. The molecular weight excluding hydrogens is 357 g/mol. The van der Waals surface area contributed by atoms with Gasteiger partial charge in [0.05, 0.1) is 5.56 Å². The Morgan fingerprint density at radius 2 is 1.60 bits per heavy atom. The average Bonchev–Trinajstić information content (AvgIpc) is 2.64. The summed E-state index contributed by atoms with van der Waals surface area (Å²) in [6, 6.07) is 20.3. The van der Waals surface area contributed by atoms with Crippen LogP contribution in [0.3, 0.4) is 0 Å². The summed E-state index contributed by atoms with van der Waals surface area (Å²) >= 11 is 12.1. The summed E-state index contributed by atoms with van der Waals surface area (Å²) in [6.07, 6.45) is 0. The smallest absolute Gasteiger partial charge is 0.259 e. The van der Waals surface area contributed by atoms with Crippen LogP contribution in [0.4, 0.5) is 5.69 Å². The molecule has 0 aliphatic rings. The number of benzene rings is 3. The van der Waals surface area contributed by atoms with Crippen molar-refractivity contribution in [1.29, 1.82) is 0 Å². The number of amides is 1. The Bertz CT molecular complexity index is 897. The van der Waals surface area contributed by atoms with Crippen LogP contribution in [-0.2, 0) is 0 Å². The van der Waals surface area contributed by atoms with Crippen molar-refractivity contribution >= 4 is 35.1 Å². The van der Waals surface area contributed by atoms with Gasteiger partial charge in [-0.3, -0.25) is 4.79 Å². The SMILES string of the molecule is Cc1c(Cl)cc(C(=O)Nc2ccccc2)c(OCl)c1-c1ccccc1. The number of rotatable bonds is 4. The quantitative estimate of drug-likeness (QED) is 0.601. The van der Waals surface area contributed by atoms with Gasteiger partial charge in [-0.1, -0.05) is 60.1 Å². The number of halogens is 2. The third-order valence-electron chi connectivity index (χ3n) is 3.89. The van der Waals surface area contributed by atoms with Crippen LogP contribution in [0, 0.1) is 6.92 Å². The molecule has 126 valence electrons. The molecule has 0 bridgehead atoms. The number of hydrogen-bond donors (Lipinski definition) is 1. The van der Waals surface area contributed by atoms with Gasteiger partial charge in [-0.05, 0) is 36.2 Å². The van der Waals surface area contributed by atoms with Crippen LogP contribution in [0.5, 0.6) is 5.75 Å². The molecule has 1 N–H and O–H groups in total. The number of carbonyl (C=O) groups is 1. The number of carbonyl (C=O) groups excluding carboxylic acids is 1. The Kier molecular flexibility index (Phi) is 5.27. The standard InChI is InChI=1S/C20H15Cl2NO2/c1-13-17(21)12-16(20(24)23-15-10-6-3-7-11-15)19(25-22)18(13)14-8-4-2-5-9-14/h2-12H,1H3,(H,23,24). The molecule has 3 aromatic rings. The zero-order chi connectivity index (χ0) is 17.8. The van der Waals surface area contributed by atoms with E-state index >= 15 is 0 Å². The average molecular weight is 372 g/mol. The Morgan fingerprint density at radius 1 is 1.00 bits per heavy atom. The highest BCUT2D eigenvalue weighted by molar-refractivity contribution is 6.32. The van der Waals surface area contributed by atoms with Crippen molar-refractivity contribution in [2.24, 2.45) is 0 Å². The van der Waals surface area contributed by atoms with Gasteiger partial charge in [0.2, 0.25) is 0 Å². The molecule has 0 heterocycles. The van der Waals surface area contributed by atoms with Crippen LogP contribution in [0.25, 0.3) is 11.1 Å². The van der Waals surface area contributed by atoms with E-state index in [0.29, 0.717) is 16.3 Å². The van der Waals surface area contributed by atoms with Gasteiger partial charge in [-0.2, -0.15) is 0 Å². The van der Waals surface area contributed by atoms with Crippen molar-refractivity contribution in [2.45, 2.75) is 6.92 Å². The summed E-state index contributed by atoms with van der Waals surface area (Å²) in [5, 5.41) is 3.29. The van der Waals surface area contributed by atoms with Crippen LogP contribution in [-0.4, -0.2) is 5.91 Å². The number of nitrogens with one attached hydrogen (secondary N) is 1. The highest BCUT2D eigenvalue weighted by atomic mass is 35.5. The normalized spacial score (nSPS) is 10.4. The first-order valence-corrected chi connectivity index (χ1v) is 8.34. The molecule has 0 fully saturated rings. The van der Waals surface area contributed by atoms with E-state index in [2.05, 4.69) is 5.32 Å². The lowest BCUT2D eigenvalue weighted by molar-refractivity contribution is 0.102. The maximum atomic E-state index is 12.7. The van der Waals surface area contributed by atoms with Gasteiger partial charge < -0.3 is 9.61 Å². The lowest BCUT2D eigenvalue weighted by Gasteiger charge is -2.16. The van der Waals surface area contributed by atoms with Crippen molar-refractivity contribution in [3.8, 4) is 16.9 Å². The second-order valence-electron chi connectivity index (χ2n) is 5.50. The monoisotopic (exact) mass is 371 g/mol. The highest BCUT2D eigenvalue weighted by Crippen LogP contribution is 2.40. The van der Waals surface area contributed by atoms with E-state index in [0.717, 1.165) is 11.1 Å².